The standard InChI is InChI=1S/C31H27N5O2/c1-22-28(31(37)33-18-8-11-23-9-4-2-5-10-23)21-36-30(22)29(24(19-32)20-34-36)35-25-14-16-27(17-15-25)38-26-12-6-3-7-13-26/h2-7,9-10,12-17,20-21,35H,8,11,18H2,1H3,(H,33,37). The Balaban J connectivity index is 1.32. The van der Waals surface area contributed by atoms with Crippen molar-refractivity contribution in [1.29, 1.82) is 5.26 Å². The zero-order valence-corrected chi connectivity index (χ0v) is 21.0. The quantitative estimate of drug-likeness (QED) is 0.228. The van der Waals surface area contributed by atoms with Crippen molar-refractivity contribution >= 4 is 22.8 Å². The Kier molecular flexibility index (Phi) is 7.32. The van der Waals surface area contributed by atoms with Crippen LogP contribution in [0.4, 0.5) is 11.4 Å². The van der Waals surface area contributed by atoms with Gasteiger partial charge in [0.05, 0.1) is 28.5 Å². The maximum absolute atomic E-state index is 13.0. The van der Waals surface area contributed by atoms with Crippen molar-refractivity contribution in [2.45, 2.75) is 19.8 Å². The zero-order valence-electron chi connectivity index (χ0n) is 21.0. The first-order valence-electron chi connectivity index (χ1n) is 12.5. The number of benzene rings is 3. The van der Waals surface area contributed by atoms with Crippen molar-refractivity contribution < 1.29 is 9.53 Å². The number of rotatable bonds is 9. The third kappa shape index (κ3) is 5.50. The van der Waals surface area contributed by atoms with Crippen molar-refractivity contribution in [2.75, 3.05) is 11.9 Å². The topological polar surface area (TPSA) is 91.5 Å². The van der Waals surface area contributed by atoms with Gasteiger partial charge in [-0.05, 0) is 67.3 Å². The molecule has 0 aliphatic rings. The van der Waals surface area contributed by atoms with Crippen LogP contribution in [0.15, 0.2) is 97.3 Å². The molecule has 1 amide bonds. The molecule has 0 fully saturated rings. The highest BCUT2D eigenvalue weighted by Crippen LogP contribution is 2.31. The number of anilines is 2. The van der Waals surface area contributed by atoms with E-state index in [1.54, 1.807) is 10.7 Å². The summed E-state index contributed by atoms with van der Waals surface area (Å²) in [5.41, 5.74) is 4.98. The van der Waals surface area contributed by atoms with E-state index in [0.29, 0.717) is 34.6 Å². The summed E-state index contributed by atoms with van der Waals surface area (Å²) in [5.74, 6) is 1.30. The molecule has 0 saturated carbocycles. The second-order valence-electron chi connectivity index (χ2n) is 8.92. The van der Waals surface area contributed by atoms with Gasteiger partial charge in [0.25, 0.3) is 5.91 Å². The van der Waals surface area contributed by atoms with Gasteiger partial charge in [0.15, 0.2) is 0 Å². The molecule has 2 N–H and O–H groups in total. The number of amides is 1. The second kappa shape index (κ2) is 11.3. The number of para-hydroxylation sites is 1. The highest BCUT2D eigenvalue weighted by molar-refractivity contribution is 6.00. The van der Waals surface area contributed by atoms with Gasteiger partial charge in [-0.2, -0.15) is 10.4 Å². The van der Waals surface area contributed by atoms with E-state index < -0.39 is 0 Å². The van der Waals surface area contributed by atoms with Gasteiger partial charge in [-0.15, -0.1) is 0 Å². The Morgan fingerprint density at radius 3 is 2.37 bits per heavy atom. The lowest BCUT2D eigenvalue weighted by Crippen LogP contribution is -2.25. The van der Waals surface area contributed by atoms with Gasteiger partial charge >= 0.3 is 0 Å². The highest BCUT2D eigenvalue weighted by atomic mass is 16.5. The summed E-state index contributed by atoms with van der Waals surface area (Å²) in [6.45, 7) is 2.44. The molecule has 5 rings (SSSR count). The van der Waals surface area contributed by atoms with Crippen LogP contribution in [0.2, 0.25) is 0 Å². The second-order valence-corrected chi connectivity index (χ2v) is 8.92. The van der Waals surface area contributed by atoms with Gasteiger partial charge in [0, 0.05) is 18.4 Å². The van der Waals surface area contributed by atoms with Gasteiger partial charge in [-0.1, -0.05) is 48.5 Å². The van der Waals surface area contributed by atoms with Crippen LogP contribution in [0.5, 0.6) is 11.5 Å². The van der Waals surface area contributed by atoms with E-state index in [0.717, 1.165) is 29.8 Å². The summed E-state index contributed by atoms with van der Waals surface area (Å²) >= 11 is 0. The van der Waals surface area contributed by atoms with E-state index in [-0.39, 0.29) is 5.91 Å². The fraction of sp³-hybridized carbons (Fsp3) is 0.129. The Morgan fingerprint density at radius 1 is 0.974 bits per heavy atom. The zero-order chi connectivity index (χ0) is 26.3. The van der Waals surface area contributed by atoms with Crippen LogP contribution < -0.4 is 15.4 Å². The number of nitrogens with zero attached hydrogens (tertiary/aromatic N) is 3. The van der Waals surface area contributed by atoms with Gasteiger partial charge in [0.1, 0.15) is 17.6 Å². The number of hydrogen-bond donors (Lipinski definition) is 2. The number of aryl methyl sites for hydroxylation is 2. The summed E-state index contributed by atoms with van der Waals surface area (Å²) in [4.78, 5) is 13.0. The average Bonchev–Trinajstić information content (AvgIpc) is 3.30. The number of carbonyl (C=O) groups excluding carboxylic acids is 1. The molecule has 0 spiro atoms. The third-order valence-electron chi connectivity index (χ3n) is 6.30. The number of nitriles is 1. The number of aromatic nitrogens is 2. The van der Waals surface area contributed by atoms with Crippen molar-refractivity contribution in [3.05, 3.63) is 120 Å². The molecule has 0 unspecified atom stereocenters. The molecule has 0 atom stereocenters. The van der Waals surface area contributed by atoms with Gasteiger partial charge in [0.2, 0.25) is 0 Å². The molecule has 188 valence electrons. The minimum absolute atomic E-state index is 0.159. The molecular weight excluding hydrogens is 474 g/mol. The molecule has 0 aliphatic carbocycles. The molecule has 7 nitrogen and oxygen atoms in total. The molecule has 5 aromatic rings. The Hall–Kier alpha value is -5.09. The number of carbonyl (C=O) groups is 1. The highest BCUT2D eigenvalue weighted by Gasteiger charge is 2.19. The van der Waals surface area contributed by atoms with Crippen LogP contribution in [-0.2, 0) is 6.42 Å². The Morgan fingerprint density at radius 2 is 1.66 bits per heavy atom. The van der Waals surface area contributed by atoms with Crippen molar-refractivity contribution in [3.63, 3.8) is 0 Å². The average molecular weight is 502 g/mol. The normalized spacial score (nSPS) is 10.6. The van der Waals surface area contributed by atoms with Crippen LogP contribution in [0.25, 0.3) is 5.52 Å². The van der Waals surface area contributed by atoms with Crippen LogP contribution in [0, 0.1) is 18.3 Å². The fourth-order valence-electron chi connectivity index (χ4n) is 4.34. The molecular formula is C31H27N5O2. The number of hydrogen-bond acceptors (Lipinski definition) is 5. The van der Waals surface area contributed by atoms with Crippen molar-refractivity contribution in [3.8, 4) is 17.6 Å². The smallest absolute Gasteiger partial charge is 0.253 e. The summed E-state index contributed by atoms with van der Waals surface area (Å²) in [5, 5.41) is 20.5. The van der Waals surface area contributed by atoms with E-state index in [9.17, 15) is 10.1 Å². The summed E-state index contributed by atoms with van der Waals surface area (Å²) in [7, 11) is 0. The van der Waals surface area contributed by atoms with Gasteiger partial charge < -0.3 is 15.4 Å². The fourth-order valence-corrected chi connectivity index (χ4v) is 4.34. The molecule has 0 bridgehead atoms. The predicted octanol–water partition coefficient (Wildman–Crippen LogP) is 6.41. The number of fused-ring (bicyclic) bond motifs is 1. The van der Waals surface area contributed by atoms with E-state index in [4.69, 9.17) is 4.74 Å². The molecule has 7 heteroatoms. The van der Waals surface area contributed by atoms with E-state index in [1.165, 1.54) is 11.8 Å². The lowest BCUT2D eigenvalue weighted by molar-refractivity contribution is 0.0952. The molecule has 2 aromatic heterocycles. The molecule has 3 aromatic carbocycles. The molecule has 38 heavy (non-hydrogen) atoms. The SMILES string of the molecule is Cc1c(C(=O)NCCCc2ccccc2)cn2ncc(C#N)c(Nc3ccc(Oc4ccccc4)cc3)c12. The molecule has 0 saturated heterocycles. The summed E-state index contributed by atoms with van der Waals surface area (Å²) in [6, 6.07) is 29.5. The van der Waals surface area contributed by atoms with E-state index >= 15 is 0 Å². The molecule has 0 aliphatic heterocycles. The van der Waals surface area contributed by atoms with Crippen LogP contribution in [0.1, 0.15) is 33.5 Å². The van der Waals surface area contributed by atoms with Crippen LogP contribution in [-0.4, -0.2) is 22.1 Å². The van der Waals surface area contributed by atoms with Gasteiger partial charge in [-0.25, -0.2) is 4.52 Å². The minimum atomic E-state index is -0.159. The maximum atomic E-state index is 13.0. The number of ether oxygens (including phenoxy) is 1. The van der Waals surface area contributed by atoms with E-state index in [2.05, 4.69) is 33.9 Å². The first kappa shape index (κ1) is 24.6. The van der Waals surface area contributed by atoms with Crippen molar-refractivity contribution in [1.82, 2.24) is 14.9 Å². The third-order valence-corrected chi connectivity index (χ3v) is 6.30. The van der Waals surface area contributed by atoms with E-state index in [1.807, 2.05) is 79.7 Å². The lowest BCUT2D eigenvalue weighted by Gasteiger charge is -2.12. The summed E-state index contributed by atoms with van der Waals surface area (Å²) in [6.07, 6.45) is 4.95. The maximum Gasteiger partial charge on any atom is 0.253 e. The largest absolute Gasteiger partial charge is 0.457 e. The van der Waals surface area contributed by atoms with Crippen LogP contribution >= 0.6 is 0 Å². The first-order valence-corrected chi connectivity index (χ1v) is 12.5. The molecule has 0 radical (unpaired) electrons. The lowest BCUT2D eigenvalue weighted by atomic mass is 10.1. The van der Waals surface area contributed by atoms with Crippen LogP contribution in [0.3, 0.4) is 0 Å². The Labute approximate surface area is 221 Å². The molecule has 2 heterocycles. The van der Waals surface area contributed by atoms with Gasteiger partial charge in [-0.3, -0.25) is 4.79 Å². The predicted molar refractivity (Wildman–Crippen MR) is 148 cm³/mol. The number of nitrogens with one attached hydrogen (secondary N) is 2. The first-order chi connectivity index (χ1) is 18.6. The summed E-state index contributed by atoms with van der Waals surface area (Å²) < 4.78 is 7.52. The van der Waals surface area contributed by atoms with Crippen molar-refractivity contribution in [2.24, 2.45) is 0 Å². The minimum Gasteiger partial charge on any atom is -0.457 e. The monoisotopic (exact) mass is 501 g/mol. The Bertz CT molecular complexity index is 1590.